The number of piperazine rings is 1. The van der Waals surface area contributed by atoms with Crippen LogP contribution < -0.4 is 10.5 Å². The summed E-state index contributed by atoms with van der Waals surface area (Å²) in [6, 6.07) is 8.12. The van der Waals surface area contributed by atoms with Crippen LogP contribution in [0.3, 0.4) is 0 Å². The van der Waals surface area contributed by atoms with Gasteiger partial charge in [0.25, 0.3) is 0 Å². The van der Waals surface area contributed by atoms with Crippen molar-refractivity contribution in [2.45, 2.75) is 32.4 Å². The van der Waals surface area contributed by atoms with Gasteiger partial charge in [-0.05, 0) is 52.6 Å². The summed E-state index contributed by atoms with van der Waals surface area (Å²) in [4.78, 5) is 22.7. The molecule has 30 heavy (non-hydrogen) atoms. The number of benzene rings is 1. The van der Waals surface area contributed by atoms with Gasteiger partial charge in [0.1, 0.15) is 11.4 Å². The second-order valence-corrected chi connectivity index (χ2v) is 8.41. The van der Waals surface area contributed by atoms with Gasteiger partial charge in [0.15, 0.2) is 5.96 Å². The maximum Gasteiger partial charge on any atom is 0.410 e. The first-order valence-electron chi connectivity index (χ1n) is 9.94. The van der Waals surface area contributed by atoms with Gasteiger partial charge >= 0.3 is 6.09 Å². The molecule has 0 aliphatic carbocycles. The van der Waals surface area contributed by atoms with Crippen molar-refractivity contribution in [1.29, 1.82) is 0 Å². The third-order valence-electron chi connectivity index (χ3n) is 4.81. The van der Waals surface area contributed by atoms with Crippen LogP contribution in [0, 0.1) is 0 Å². The molecule has 0 aromatic heterocycles. The molecule has 1 amide bonds. The normalized spacial score (nSPS) is 16.2. The molecule has 8 nitrogen and oxygen atoms in total. The molecule has 0 spiro atoms. The first kappa shape index (κ1) is 26.3. The molecule has 1 aromatic carbocycles. The van der Waals surface area contributed by atoms with Gasteiger partial charge < -0.3 is 29.9 Å². The van der Waals surface area contributed by atoms with E-state index in [1.807, 2.05) is 51.9 Å². The van der Waals surface area contributed by atoms with Crippen molar-refractivity contribution >= 4 is 36.0 Å². The third-order valence-corrected chi connectivity index (χ3v) is 4.81. The van der Waals surface area contributed by atoms with Crippen LogP contribution >= 0.6 is 24.0 Å². The number of likely N-dealkylation sites (N-methyl/N-ethyl adjacent to an activating group) is 1. The van der Waals surface area contributed by atoms with Crippen molar-refractivity contribution in [2.75, 3.05) is 53.9 Å². The second kappa shape index (κ2) is 11.6. The molecular formula is C21H36IN5O3. The molecule has 170 valence electrons. The van der Waals surface area contributed by atoms with Gasteiger partial charge in [-0.1, -0.05) is 12.1 Å². The molecule has 1 aromatic rings. The molecule has 0 saturated carbocycles. The van der Waals surface area contributed by atoms with Gasteiger partial charge in [-0.3, -0.25) is 4.99 Å². The van der Waals surface area contributed by atoms with Crippen LogP contribution in [0.15, 0.2) is 29.3 Å². The molecule has 1 aliphatic heterocycles. The minimum absolute atomic E-state index is 0. The number of carbonyl (C=O) groups is 1. The van der Waals surface area contributed by atoms with Crippen LogP contribution in [0.1, 0.15) is 32.4 Å². The Kier molecular flexibility index (Phi) is 10.2. The molecule has 9 heteroatoms. The standard InChI is InChI=1S/C21H35N5O3.HI/c1-21(2,3)29-20(27)26-13-11-25(12-14-26)19(22)23-15-18(24(4)5)16-7-9-17(28-6)10-8-16;/h7-10,18H,11-15H2,1-6H3,(H2,22,23);1H. The van der Waals surface area contributed by atoms with Crippen LogP contribution in [-0.2, 0) is 4.74 Å². The average molecular weight is 533 g/mol. The van der Waals surface area contributed by atoms with E-state index in [2.05, 4.69) is 22.0 Å². The molecule has 1 heterocycles. The Hall–Kier alpha value is -1.75. The first-order chi connectivity index (χ1) is 13.6. The zero-order valence-electron chi connectivity index (χ0n) is 18.9. The molecule has 2 rings (SSSR count). The van der Waals surface area contributed by atoms with Gasteiger partial charge in [-0.25, -0.2) is 4.79 Å². The maximum atomic E-state index is 12.2. The number of nitrogens with two attached hydrogens (primary N) is 1. The Morgan fingerprint density at radius 2 is 1.67 bits per heavy atom. The second-order valence-electron chi connectivity index (χ2n) is 8.41. The predicted molar refractivity (Wildman–Crippen MR) is 131 cm³/mol. The fourth-order valence-electron chi connectivity index (χ4n) is 3.12. The van der Waals surface area contributed by atoms with Gasteiger partial charge in [-0.2, -0.15) is 0 Å². The fourth-order valence-corrected chi connectivity index (χ4v) is 3.12. The molecule has 1 unspecified atom stereocenters. The highest BCUT2D eigenvalue weighted by Crippen LogP contribution is 2.21. The number of hydrogen-bond donors (Lipinski definition) is 1. The van der Waals surface area contributed by atoms with E-state index in [4.69, 9.17) is 15.2 Å². The zero-order valence-corrected chi connectivity index (χ0v) is 21.3. The van der Waals surface area contributed by atoms with E-state index < -0.39 is 5.60 Å². The highest BCUT2D eigenvalue weighted by Gasteiger charge is 2.26. The number of carbonyl (C=O) groups excluding carboxylic acids is 1. The monoisotopic (exact) mass is 533 g/mol. The molecule has 0 radical (unpaired) electrons. The molecule has 2 N–H and O–H groups in total. The number of guanidine groups is 1. The Balaban J connectivity index is 0.00000450. The smallest absolute Gasteiger partial charge is 0.410 e. The van der Waals surface area contributed by atoms with Crippen molar-refractivity contribution in [3.8, 4) is 5.75 Å². The summed E-state index contributed by atoms with van der Waals surface area (Å²) in [7, 11) is 5.71. The topological polar surface area (TPSA) is 83.6 Å². The molecule has 0 bridgehead atoms. The molecule has 1 aliphatic rings. The Morgan fingerprint density at radius 1 is 1.13 bits per heavy atom. The summed E-state index contributed by atoms with van der Waals surface area (Å²) < 4.78 is 10.7. The fraction of sp³-hybridized carbons (Fsp3) is 0.619. The largest absolute Gasteiger partial charge is 0.497 e. The maximum absolute atomic E-state index is 12.2. The van der Waals surface area contributed by atoms with Crippen LogP contribution in [0.5, 0.6) is 5.75 Å². The van der Waals surface area contributed by atoms with Crippen LogP contribution in [-0.4, -0.2) is 86.3 Å². The summed E-state index contributed by atoms with van der Waals surface area (Å²) in [6.45, 7) is 8.59. The lowest BCUT2D eigenvalue weighted by Crippen LogP contribution is -2.53. The molecular weight excluding hydrogens is 497 g/mol. The zero-order chi connectivity index (χ0) is 21.6. The summed E-state index contributed by atoms with van der Waals surface area (Å²) in [5.74, 6) is 1.34. The van der Waals surface area contributed by atoms with Crippen molar-refractivity contribution < 1.29 is 14.3 Å². The minimum atomic E-state index is -0.489. The molecule has 1 atom stereocenters. The van der Waals surface area contributed by atoms with Crippen LogP contribution in [0.25, 0.3) is 0 Å². The van der Waals surface area contributed by atoms with E-state index in [1.54, 1.807) is 12.0 Å². The highest BCUT2D eigenvalue weighted by atomic mass is 127. The number of halogens is 1. The van der Waals surface area contributed by atoms with E-state index in [0.717, 1.165) is 11.3 Å². The summed E-state index contributed by atoms with van der Waals surface area (Å²) in [5, 5.41) is 0. The summed E-state index contributed by atoms with van der Waals surface area (Å²) >= 11 is 0. The highest BCUT2D eigenvalue weighted by molar-refractivity contribution is 14.0. The van der Waals surface area contributed by atoms with Gasteiger partial charge in [0, 0.05) is 26.2 Å². The molecule has 1 saturated heterocycles. The van der Waals surface area contributed by atoms with Crippen molar-refractivity contribution in [2.24, 2.45) is 10.7 Å². The number of amides is 1. The lowest BCUT2D eigenvalue weighted by atomic mass is 10.1. The number of hydrogen-bond acceptors (Lipinski definition) is 5. The number of nitrogens with zero attached hydrogens (tertiary/aromatic N) is 4. The van der Waals surface area contributed by atoms with Crippen molar-refractivity contribution in [1.82, 2.24) is 14.7 Å². The lowest BCUT2D eigenvalue weighted by molar-refractivity contribution is 0.0186. The summed E-state index contributed by atoms with van der Waals surface area (Å²) in [5.41, 5.74) is 6.91. The van der Waals surface area contributed by atoms with Gasteiger partial charge in [0.2, 0.25) is 0 Å². The van der Waals surface area contributed by atoms with Crippen LogP contribution in [0.4, 0.5) is 4.79 Å². The van der Waals surface area contributed by atoms with E-state index in [1.165, 1.54) is 0 Å². The first-order valence-corrected chi connectivity index (χ1v) is 9.94. The number of ether oxygens (including phenoxy) is 2. The lowest BCUT2D eigenvalue weighted by Gasteiger charge is -2.36. The Bertz CT molecular complexity index is 696. The van der Waals surface area contributed by atoms with E-state index in [9.17, 15) is 4.79 Å². The number of methoxy groups -OCH3 is 1. The van der Waals surface area contributed by atoms with Crippen molar-refractivity contribution in [3.05, 3.63) is 29.8 Å². The Morgan fingerprint density at radius 3 is 2.13 bits per heavy atom. The van der Waals surface area contributed by atoms with E-state index in [0.29, 0.717) is 38.7 Å². The van der Waals surface area contributed by atoms with Gasteiger partial charge in [0.05, 0.1) is 19.7 Å². The van der Waals surface area contributed by atoms with Crippen LogP contribution in [0.2, 0.25) is 0 Å². The number of aliphatic imine (C=N–C) groups is 1. The van der Waals surface area contributed by atoms with E-state index >= 15 is 0 Å². The Labute approximate surface area is 197 Å². The quantitative estimate of drug-likeness (QED) is 0.356. The molecule has 1 fully saturated rings. The predicted octanol–water partition coefficient (Wildman–Crippen LogP) is 2.78. The van der Waals surface area contributed by atoms with E-state index in [-0.39, 0.29) is 36.1 Å². The minimum Gasteiger partial charge on any atom is -0.497 e. The third kappa shape index (κ3) is 7.82. The summed E-state index contributed by atoms with van der Waals surface area (Å²) in [6.07, 6.45) is -0.278. The van der Waals surface area contributed by atoms with Crippen molar-refractivity contribution in [3.63, 3.8) is 0 Å². The van der Waals surface area contributed by atoms with Gasteiger partial charge in [-0.15, -0.1) is 24.0 Å². The average Bonchev–Trinajstić information content (AvgIpc) is 2.67. The SMILES string of the molecule is COc1ccc(C(CN=C(N)N2CCN(C(=O)OC(C)(C)C)CC2)N(C)C)cc1.I. The number of rotatable bonds is 5.